The van der Waals surface area contributed by atoms with E-state index in [0.29, 0.717) is 5.56 Å². The number of carbonyl (C=O) groups excluding carboxylic acids is 1. The van der Waals surface area contributed by atoms with E-state index in [2.05, 4.69) is 16.0 Å². The summed E-state index contributed by atoms with van der Waals surface area (Å²) in [4.78, 5) is 13.5. The number of rotatable bonds is 7. The molecule has 2 N–H and O–H groups in total. The Balaban J connectivity index is 2.07. The summed E-state index contributed by atoms with van der Waals surface area (Å²) in [7, 11) is 1.52. The Bertz CT molecular complexity index is 620. The van der Waals surface area contributed by atoms with Gasteiger partial charge in [0.05, 0.1) is 24.8 Å². The van der Waals surface area contributed by atoms with Gasteiger partial charge in [-0.2, -0.15) is 0 Å². The number of aliphatic hydroxyl groups is 1. The Kier molecular flexibility index (Phi) is 5.76. The van der Waals surface area contributed by atoms with E-state index in [-0.39, 0.29) is 19.1 Å². The molecule has 0 saturated carbocycles. The van der Waals surface area contributed by atoms with Crippen LogP contribution in [0.15, 0.2) is 23.6 Å². The first-order valence-corrected chi connectivity index (χ1v) is 8.05. The molecule has 2 aromatic rings. The minimum atomic E-state index is -0.691. The molecular weight excluding hydrogens is 300 g/mol. The molecule has 6 heteroatoms. The fourth-order valence-electron chi connectivity index (χ4n) is 2.39. The third kappa shape index (κ3) is 3.97. The lowest BCUT2D eigenvalue weighted by atomic mass is 10.2. The van der Waals surface area contributed by atoms with Crippen molar-refractivity contribution in [3.05, 3.63) is 45.4 Å². The topological polar surface area (TPSA) is 63.5 Å². The predicted octanol–water partition coefficient (Wildman–Crippen LogP) is 1.95. The number of amides is 1. The third-order valence-electron chi connectivity index (χ3n) is 3.57. The second-order valence-electron chi connectivity index (χ2n) is 5.27. The van der Waals surface area contributed by atoms with Gasteiger partial charge in [-0.1, -0.05) is 6.07 Å². The second kappa shape index (κ2) is 7.58. The Hall–Kier alpha value is -1.63. The largest absolute Gasteiger partial charge is 0.389 e. The van der Waals surface area contributed by atoms with Gasteiger partial charge < -0.3 is 19.7 Å². The van der Waals surface area contributed by atoms with E-state index >= 15 is 0 Å². The number of carbonyl (C=O) groups is 1. The van der Waals surface area contributed by atoms with Crippen molar-refractivity contribution < 1.29 is 14.6 Å². The first-order valence-electron chi connectivity index (χ1n) is 7.17. The van der Waals surface area contributed by atoms with Crippen LogP contribution in [-0.4, -0.2) is 41.9 Å². The zero-order valence-corrected chi connectivity index (χ0v) is 13.9. The zero-order chi connectivity index (χ0) is 16.1. The molecule has 120 valence electrons. The zero-order valence-electron chi connectivity index (χ0n) is 13.1. The number of aromatic nitrogens is 1. The molecule has 0 saturated heterocycles. The summed E-state index contributed by atoms with van der Waals surface area (Å²) < 4.78 is 6.97. The maximum absolute atomic E-state index is 12.3. The monoisotopic (exact) mass is 322 g/mol. The van der Waals surface area contributed by atoms with Crippen LogP contribution in [-0.2, 0) is 11.3 Å². The number of hydrogen-bond donors (Lipinski definition) is 2. The second-order valence-corrected chi connectivity index (χ2v) is 6.30. The number of aliphatic hydroxyl groups excluding tert-OH is 1. The molecule has 2 heterocycles. The van der Waals surface area contributed by atoms with Crippen LogP contribution < -0.4 is 5.32 Å². The molecule has 2 rings (SSSR count). The first-order chi connectivity index (χ1) is 10.5. The molecule has 0 aliphatic rings. The molecule has 0 aliphatic heterocycles. The van der Waals surface area contributed by atoms with Crippen LogP contribution in [0, 0.1) is 13.8 Å². The minimum absolute atomic E-state index is 0.166. The summed E-state index contributed by atoms with van der Waals surface area (Å²) >= 11 is 1.70. The van der Waals surface area contributed by atoms with Crippen LogP contribution in [0.25, 0.3) is 0 Å². The molecular formula is C16H22N2O3S. The van der Waals surface area contributed by atoms with Gasteiger partial charge in [0.2, 0.25) is 0 Å². The number of ether oxygens (including phenoxy) is 1. The van der Waals surface area contributed by atoms with Gasteiger partial charge in [0.25, 0.3) is 5.91 Å². The van der Waals surface area contributed by atoms with Crippen LogP contribution in [0.3, 0.4) is 0 Å². The van der Waals surface area contributed by atoms with E-state index in [9.17, 15) is 9.90 Å². The van der Waals surface area contributed by atoms with Crippen molar-refractivity contribution in [3.63, 3.8) is 0 Å². The van der Waals surface area contributed by atoms with Crippen molar-refractivity contribution in [1.82, 2.24) is 9.88 Å². The highest BCUT2D eigenvalue weighted by molar-refractivity contribution is 7.09. The molecule has 0 fully saturated rings. The van der Waals surface area contributed by atoms with Gasteiger partial charge in [0, 0.05) is 29.9 Å². The highest BCUT2D eigenvalue weighted by Crippen LogP contribution is 2.19. The molecule has 1 amide bonds. The van der Waals surface area contributed by atoms with Crippen LogP contribution in [0.2, 0.25) is 0 Å². The van der Waals surface area contributed by atoms with Crippen molar-refractivity contribution in [2.75, 3.05) is 20.3 Å². The summed E-state index contributed by atoms with van der Waals surface area (Å²) in [6.45, 7) is 5.10. The Labute approximate surface area is 134 Å². The van der Waals surface area contributed by atoms with Crippen molar-refractivity contribution in [1.29, 1.82) is 0 Å². The van der Waals surface area contributed by atoms with E-state index in [1.807, 2.05) is 31.4 Å². The van der Waals surface area contributed by atoms with Gasteiger partial charge in [0.1, 0.15) is 0 Å². The average molecular weight is 322 g/mol. The van der Waals surface area contributed by atoms with Gasteiger partial charge in [-0.05, 0) is 31.4 Å². The highest BCUT2D eigenvalue weighted by atomic mass is 32.1. The Morgan fingerprint density at radius 2 is 2.27 bits per heavy atom. The molecule has 22 heavy (non-hydrogen) atoms. The summed E-state index contributed by atoms with van der Waals surface area (Å²) in [5.41, 5.74) is 2.64. The molecule has 1 atom stereocenters. The minimum Gasteiger partial charge on any atom is -0.389 e. The molecule has 0 aliphatic carbocycles. The van der Waals surface area contributed by atoms with Crippen molar-refractivity contribution in [2.24, 2.45) is 0 Å². The molecule has 2 aromatic heterocycles. The summed E-state index contributed by atoms with van der Waals surface area (Å²) in [6, 6.07) is 6.00. The Morgan fingerprint density at radius 1 is 1.50 bits per heavy atom. The molecule has 0 radical (unpaired) electrons. The van der Waals surface area contributed by atoms with E-state index in [1.165, 1.54) is 12.0 Å². The van der Waals surface area contributed by atoms with E-state index in [4.69, 9.17) is 4.74 Å². The van der Waals surface area contributed by atoms with Crippen LogP contribution >= 0.6 is 11.3 Å². The van der Waals surface area contributed by atoms with Crippen molar-refractivity contribution in [3.8, 4) is 0 Å². The van der Waals surface area contributed by atoms with Crippen molar-refractivity contribution >= 4 is 17.2 Å². The number of hydrogen-bond acceptors (Lipinski definition) is 4. The number of thiophene rings is 1. The van der Waals surface area contributed by atoms with E-state index in [0.717, 1.165) is 17.9 Å². The highest BCUT2D eigenvalue weighted by Gasteiger charge is 2.16. The average Bonchev–Trinajstić information content (AvgIpc) is 3.09. The van der Waals surface area contributed by atoms with Crippen LogP contribution in [0.5, 0.6) is 0 Å². The summed E-state index contributed by atoms with van der Waals surface area (Å²) in [6.07, 6.45) is -0.691. The van der Waals surface area contributed by atoms with Gasteiger partial charge in [-0.15, -0.1) is 11.3 Å². The molecule has 1 unspecified atom stereocenters. The molecule has 0 aromatic carbocycles. The number of aryl methyl sites for hydroxylation is 1. The fraction of sp³-hybridized carbons (Fsp3) is 0.438. The van der Waals surface area contributed by atoms with Gasteiger partial charge in [-0.25, -0.2) is 0 Å². The summed E-state index contributed by atoms with van der Waals surface area (Å²) in [5, 5.41) is 14.4. The number of nitrogens with zero attached hydrogens (tertiary/aromatic N) is 1. The standard InChI is InChI=1S/C16H22N2O3S/c1-11-7-15(16(20)17-8-13(19)10-21-3)12(2)18(11)9-14-5-4-6-22-14/h4-7,13,19H,8-10H2,1-3H3,(H,17,20). The molecule has 0 spiro atoms. The maximum atomic E-state index is 12.3. The smallest absolute Gasteiger partial charge is 0.253 e. The lowest BCUT2D eigenvalue weighted by molar-refractivity contribution is 0.0609. The predicted molar refractivity (Wildman–Crippen MR) is 87.5 cm³/mol. The van der Waals surface area contributed by atoms with Crippen molar-refractivity contribution in [2.45, 2.75) is 26.5 Å². The van der Waals surface area contributed by atoms with Crippen LogP contribution in [0.1, 0.15) is 26.6 Å². The van der Waals surface area contributed by atoms with Gasteiger partial charge >= 0.3 is 0 Å². The lowest BCUT2D eigenvalue weighted by Crippen LogP contribution is -2.34. The summed E-state index contributed by atoms with van der Waals surface area (Å²) in [5.74, 6) is -0.166. The fourth-order valence-corrected chi connectivity index (χ4v) is 3.08. The Morgan fingerprint density at radius 3 is 2.91 bits per heavy atom. The van der Waals surface area contributed by atoms with Gasteiger partial charge in [-0.3, -0.25) is 4.79 Å². The van der Waals surface area contributed by atoms with E-state index < -0.39 is 6.10 Å². The SMILES string of the molecule is COCC(O)CNC(=O)c1cc(C)n(Cc2cccs2)c1C. The number of nitrogens with one attached hydrogen (secondary N) is 1. The quantitative estimate of drug-likeness (QED) is 0.819. The molecule has 0 bridgehead atoms. The molecule has 5 nitrogen and oxygen atoms in total. The lowest BCUT2D eigenvalue weighted by Gasteiger charge is -2.11. The third-order valence-corrected chi connectivity index (χ3v) is 4.43. The van der Waals surface area contributed by atoms with E-state index in [1.54, 1.807) is 11.3 Å². The number of methoxy groups -OCH3 is 1. The normalized spacial score (nSPS) is 12.4. The first kappa shape index (κ1) is 16.7. The van der Waals surface area contributed by atoms with Crippen LogP contribution in [0.4, 0.5) is 0 Å². The maximum Gasteiger partial charge on any atom is 0.253 e. The van der Waals surface area contributed by atoms with Gasteiger partial charge in [0.15, 0.2) is 0 Å².